The van der Waals surface area contributed by atoms with Gasteiger partial charge in [-0.3, -0.25) is 9.59 Å². The number of amides is 2. The van der Waals surface area contributed by atoms with Crippen molar-refractivity contribution < 1.29 is 19.1 Å². The van der Waals surface area contributed by atoms with Crippen LogP contribution in [0.15, 0.2) is 48.5 Å². The van der Waals surface area contributed by atoms with Crippen molar-refractivity contribution in [3.8, 4) is 11.5 Å². The fourth-order valence-electron chi connectivity index (χ4n) is 3.16. The Bertz CT molecular complexity index is 815. The predicted molar refractivity (Wildman–Crippen MR) is 108 cm³/mol. The minimum atomic E-state index is -0.323. The lowest BCUT2D eigenvalue weighted by molar-refractivity contribution is -0.134. The summed E-state index contributed by atoms with van der Waals surface area (Å²) in [6.45, 7) is 2.65. The summed E-state index contributed by atoms with van der Waals surface area (Å²) < 4.78 is 10.3. The van der Waals surface area contributed by atoms with E-state index in [9.17, 15) is 9.59 Å². The van der Waals surface area contributed by atoms with Gasteiger partial charge in [0.15, 0.2) is 0 Å². The molecule has 0 bridgehead atoms. The highest BCUT2D eigenvalue weighted by molar-refractivity contribution is 6.03. The van der Waals surface area contributed by atoms with Crippen molar-refractivity contribution in [3.63, 3.8) is 0 Å². The van der Waals surface area contributed by atoms with Crippen LogP contribution in [0.3, 0.4) is 0 Å². The molecule has 7 nitrogen and oxygen atoms in total. The van der Waals surface area contributed by atoms with E-state index in [0.29, 0.717) is 24.5 Å². The lowest BCUT2D eigenvalue weighted by atomic mass is 10.2. The monoisotopic (exact) mass is 383 g/mol. The van der Waals surface area contributed by atoms with Gasteiger partial charge in [-0.15, -0.1) is 0 Å². The smallest absolute Gasteiger partial charge is 0.233 e. The van der Waals surface area contributed by atoms with Crippen molar-refractivity contribution in [1.82, 2.24) is 4.90 Å². The topological polar surface area (TPSA) is 71.1 Å². The number of hydrogen-bond acceptors (Lipinski definition) is 5. The van der Waals surface area contributed by atoms with E-state index in [0.717, 1.165) is 24.5 Å². The minimum Gasteiger partial charge on any atom is -0.497 e. The van der Waals surface area contributed by atoms with Gasteiger partial charge < -0.3 is 24.6 Å². The highest BCUT2D eigenvalue weighted by Gasteiger charge is 2.23. The fraction of sp³-hybridized carbons (Fsp3) is 0.333. The molecular weight excluding hydrogens is 358 g/mol. The van der Waals surface area contributed by atoms with Crippen LogP contribution in [0.25, 0.3) is 0 Å². The van der Waals surface area contributed by atoms with Gasteiger partial charge in [0, 0.05) is 43.6 Å². The van der Waals surface area contributed by atoms with Crippen LogP contribution < -0.4 is 19.7 Å². The Morgan fingerprint density at radius 1 is 0.929 bits per heavy atom. The van der Waals surface area contributed by atoms with E-state index in [1.807, 2.05) is 24.3 Å². The number of anilines is 2. The first-order chi connectivity index (χ1) is 13.6. The summed E-state index contributed by atoms with van der Waals surface area (Å²) in [4.78, 5) is 28.6. The van der Waals surface area contributed by atoms with Crippen LogP contribution in [-0.4, -0.2) is 57.1 Å². The molecule has 2 amide bonds. The van der Waals surface area contributed by atoms with Crippen LogP contribution in [0.2, 0.25) is 0 Å². The summed E-state index contributed by atoms with van der Waals surface area (Å²) in [5.74, 6) is 0.990. The summed E-state index contributed by atoms with van der Waals surface area (Å²) in [5.41, 5.74) is 1.71. The number of nitrogens with zero attached hydrogens (tertiary/aromatic N) is 2. The lowest BCUT2D eigenvalue weighted by Gasteiger charge is -2.36. The molecule has 1 saturated heterocycles. The molecule has 148 valence electrons. The molecule has 0 aromatic heterocycles. The van der Waals surface area contributed by atoms with Crippen LogP contribution in [0.4, 0.5) is 11.4 Å². The number of carbonyl (C=O) groups excluding carboxylic acids is 2. The van der Waals surface area contributed by atoms with E-state index in [4.69, 9.17) is 9.47 Å². The molecule has 7 heteroatoms. The standard InChI is InChI=1S/C21H25N3O4/c1-27-18-8-6-17(7-9-18)23-10-12-24(13-11-23)21(26)15-20(25)22-16-4-3-5-19(14-16)28-2/h3-9,14H,10-13,15H2,1-2H3,(H,22,25). The number of nitrogens with one attached hydrogen (secondary N) is 1. The summed E-state index contributed by atoms with van der Waals surface area (Å²) in [6, 6.07) is 14.9. The minimum absolute atomic E-state index is 0.158. The summed E-state index contributed by atoms with van der Waals surface area (Å²) in [6.07, 6.45) is -0.167. The van der Waals surface area contributed by atoms with Gasteiger partial charge in [-0.2, -0.15) is 0 Å². The number of rotatable bonds is 6. The van der Waals surface area contributed by atoms with Gasteiger partial charge in [0.1, 0.15) is 17.9 Å². The van der Waals surface area contributed by atoms with E-state index in [2.05, 4.69) is 10.2 Å². The molecule has 1 aliphatic rings. The molecule has 1 aliphatic heterocycles. The number of carbonyl (C=O) groups is 2. The molecule has 0 saturated carbocycles. The van der Waals surface area contributed by atoms with Gasteiger partial charge in [0.05, 0.1) is 14.2 Å². The van der Waals surface area contributed by atoms with E-state index < -0.39 is 0 Å². The fourth-order valence-corrected chi connectivity index (χ4v) is 3.16. The SMILES string of the molecule is COc1ccc(N2CCN(C(=O)CC(=O)Nc3cccc(OC)c3)CC2)cc1. The average molecular weight is 383 g/mol. The van der Waals surface area contributed by atoms with Crippen molar-refractivity contribution >= 4 is 23.2 Å². The maximum Gasteiger partial charge on any atom is 0.233 e. The predicted octanol–water partition coefficient (Wildman–Crippen LogP) is 2.38. The first-order valence-electron chi connectivity index (χ1n) is 9.19. The normalized spacial score (nSPS) is 13.8. The van der Waals surface area contributed by atoms with Crippen molar-refractivity contribution in [2.75, 3.05) is 50.6 Å². The Balaban J connectivity index is 1.48. The average Bonchev–Trinajstić information content (AvgIpc) is 2.74. The third kappa shape index (κ3) is 4.94. The second kappa shape index (κ2) is 9.12. The third-order valence-corrected chi connectivity index (χ3v) is 4.74. The Kier molecular flexibility index (Phi) is 6.37. The van der Waals surface area contributed by atoms with Crippen LogP contribution in [0, 0.1) is 0 Å². The lowest BCUT2D eigenvalue weighted by Crippen LogP contribution is -2.49. The zero-order chi connectivity index (χ0) is 19.9. The molecule has 1 N–H and O–H groups in total. The molecule has 0 atom stereocenters. The van der Waals surface area contributed by atoms with Gasteiger partial charge >= 0.3 is 0 Å². The van der Waals surface area contributed by atoms with Gasteiger partial charge in [0.25, 0.3) is 0 Å². The second-order valence-corrected chi connectivity index (χ2v) is 6.52. The van der Waals surface area contributed by atoms with Gasteiger partial charge in [-0.1, -0.05) is 6.07 Å². The Morgan fingerprint density at radius 3 is 2.25 bits per heavy atom. The van der Waals surface area contributed by atoms with Crippen LogP contribution in [0.5, 0.6) is 11.5 Å². The first-order valence-corrected chi connectivity index (χ1v) is 9.19. The van der Waals surface area contributed by atoms with E-state index in [1.165, 1.54) is 0 Å². The van der Waals surface area contributed by atoms with Crippen LogP contribution in [-0.2, 0) is 9.59 Å². The number of piperazine rings is 1. The van der Waals surface area contributed by atoms with Crippen LogP contribution >= 0.6 is 0 Å². The van der Waals surface area contributed by atoms with Crippen molar-refractivity contribution in [3.05, 3.63) is 48.5 Å². The van der Waals surface area contributed by atoms with Crippen molar-refractivity contribution in [2.45, 2.75) is 6.42 Å². The van der Waals surface area contributed by atoms with Crippen LogP contribution in [0.1, 0.15) is 6.42 Å². The molecule has 1 fully saturated rings. The summed E-state index contributed by atoms with van der Waals surface area (Å²) in [7, 11) is 3.21. The van der Waals surface area contributed by atoms with Gasteiger partial charge in [-0.05, 0) is 36.4 Å². The first kappa shape index (κ1) is 19.5. The van der Waals surface area contributed by atoms with Crippen molar-refractivity contribution in [1.29, 1.82) is 0 Å². The summed E-state index contributed by atoms with van der Waals surface area (Å²) >= 11 is 0. The molecule has 28 heavy (non-hydrogen) atoms. The highest BCUT2D eigenvalue weighted by Crippen LogP contribution is 2.21. The molecular formula is C21H25N3O4. The van der Waals surface area contributed by atoms with E-state index in [1.54, 1.807) is 43.4 Å². The largest absolute Gasteiger partial charge is 0.497 e. The molecule has 3 rings (SSSR count). The zero-order valence-electron chi connectivity index (χ0n) is 16.2. The maximum absolute atomic E-state index is 12.5. The molecule has 0 spiro atoms. The Morgan fingerprint density at radius 2 is 1.61 bits per heavy atom. The molecule has 2 aromatic rings. The third-order valence-electron chi connectivity index (χ3n) is 4.74. The van der Waals surface area contributed by atoms with Gasteiger partial charge in [0.2, 0.25) is 11.8 Å². The molecule has 0 unspecified atom stereocenters. The Labute approximate surface area is 164 Å². The Hall–Kier alpha value is -3.22. The molecule has 2 aromatic carbocycles. The molecule has 0 aliphatic carbocycles. The summed E-state index contributed by atoms with van der Waals surface area (Å²) in [5, 5.41) is 2.74. The zero-order valence-corrected chi connectivity index (χ0v) is 16.2. The molecule has 1 heterocycles. The molecule has 0 radical (unpaired) electrons. The number of benzene rings is 2. The quantitative estimate of drug-likeness (QED) is 0.776. The van der Waals surface area contributed by atoms with Crippen molar-refractivity contribution in [2.24, 2.45) is 0 Å². The van der Waals surface area contributed by atoms with E-state index >= 15 is 0 Å². The van der Waals surface area contributed by atoms with E-state index in [-0.39, 0.29) is 18.2 Å². The highest BCUT2D eigenvalue weighted by atomic mass is 16.5. The number of methoxy groups -OCH3 is 2. The maximum atomic E-state index is 12.5. The number of hydrogen-bond donors (Lipinski definition) is 1. The van der Waals surface area contributed by atoms with Gasteiger partial charge in [-0.25, -0.2) is 0 Å². The number of ether oxygens (including phenoxy) is 2. The second-order valence-electron chi connectivity index (χ2n) is 6.52.